The first-order chi connectivity index (χ1) is 8.06. The summed E-state index contributed by atoms with van der Waals surface area (Å²) in [4.78, 5) is 12.8. The quantitative estimate of drug-likeness (QED) is 0.699. The number of halogens is 3. The van der Waals surface area contributed by atoms with Gasteiger partial charge in [-0.2, -0.15) is 0 Å². The monoisotopic (exact) mass is 376 g/mol. The van der Waals surface area contributed by atoms with E-state index < -0.39 is 5.82 Å². The van der Waals surface area contributed by atoms with E-state index in [2.05, 4.69) is 31.9 Å². The van der Waals surface area contributed by atoms with Gasteiger partial charge in [0.05, 0.1) is 5.56 Å². The van der Waals surface area contributed by atoms with Crippen LogP contribution in [0.4, 0.5) is 4.39 Å². The summed E-state index contributed by atoms with van der Waals surface area (Å²) >= 11 is 7.96. The summed E-state index contributed by atoms with van der Waals surface area (Å²) in [5.41, 5.74) is 0.137. The first kappa shape index (κ1) is 12.9. The Balaban J connectivity index is 2.20. The van der Waals surface area contributed by atoms with E-state index in [4.69, 9.17) is 0 Å². The molecule has 0 fully saturated rings. The van der Waals surface area contributed by atoms with Crippen molar-refractivity contribution in [1.29, 1.82) is 0 Å². The third-order valence-electron chi connectivity index (χ3n) is 2.19. The lowest BCUT2D eigenvalue weighted by atomic mass is 10.1. The van der Waals surface area contributed by atoms with Crippen molar-refractivity contribution in [3.63, 3.8) is 0 Å². The summed E-state index contributed by atoms with van der Waals surface area (Å²) in [7, 11) is 0. The van der Waals surface area contributed by atoms with Gasteiger partial charge in [0.1, 0.15) is 5.82 Å². The number of ketones is 1. The standard InChI is InChI=1S/C12H7Br2FOS/c13-7-1-2-10(11(15)4-7)12(16)5-9-3-8(14)6-17-9/h1-4,6H,5H2. The molecule has 1 nitrogen and oxygen atoms in total. The number of rotatable bonds is 3. The minimum atomic E-state index is -0.486. The first-order valence-corrected chi connectivity index (χ1v) is 7.24. The molecule has 0 radical (unpaired) electrons. The summed E-state index contributed by atoms with van der Waals surface area (Å²) in [5.74, 6) is -0.690. The third-order valence-corrected chi connectivity index (χ3v) is 4.38. The Hall–Kier alpha value is -0.520. The molecule has 0 N–H and O–H groups in total. The van der Waals surface area contributed by atoms with E-state index in [-0.39, 0.29) is 17.8 Å². The van der Waals surface area contributed by atoms with Gasteiger partial charge >= 0.3 is 0 Å². The maximum Gasteiger partial charge on any atom is 0.171 e. The molecule has 0 saturated carbocycles. The largest absolute Gasteiger partial charge is 0.294 e. The number of thiophene rings is 1. The van der Waals surface area contributed by atoms with Crippen LogP contribution in [0.1, 0.15) is 15.2 Å². The molecule has 88 valence electrons. The maximum absolute atomic E-state index is 13.6. The lowest BCUT2D eigenvalue weighted by Crippen LogP contribution is -2.05. The van der Waals surface area contributed by atoms with Crippen LogP contribution in [-0.2, 0) is 6.42 Å². The topological polar surface area (TPSA) is 17.1 Å². The average molecular weight is 378 g/mol. The highest BCUT2D eigenvalue weighted by molar-refractivity contribution is 9.10. The predicted octanol–water partition coefficient (Wildman–Crippen LogP) is 4.84. The van der Waals surface area contributed by atoms with Crippen LogP contribution in [-0.4, -0.2) is 5.78 Å². The molecule has 0 unspecified atom stereocenters. The number of carbonyl (C=O) groups is 1. The van der Waals surface area contributed by atoms with Gasteiger partial charge in [-0.05, 0) is 40.2 Å². The van der Waals surface area contributed by atoms with Crippen LogP contribution in [0.25, 0.3) is 0 Å². The van der Waals surface area contributed by atoms with Crippen molar-refractivity contribution >= 4 is 49.0 Å². The van der Waals surface area contributed by atoms with E-state index in [1.807, 2.05) is 11.4 Å². The molecule has 2 rings (SSSR count). The first-order valence-electron chi connectivity index (χ1n) is 4.77. The number of benzene rings is 1. The van der Waals surface area contributed by atoms with E-state index >= 15 is 0 Å². The molecule has 1 heterocycles. The van der Waals surface area contributed by atoms with E-state index in [0.717, 1.165) is 9.35 Å². The Bertz CT molecular complexity index is 565. The fraction of sp³-hybridized carbons (Fsp3) is 0.0833. The van der Waals surface area contributed by atoms with Crippen LogP contribution in [0, 0.1) is 5.82 Å². The van der Waals surface area contributed by atoms with Crippen LogP contribution in [0.5, 0.6) is 0 Å². The molecule has 0 spiro atoms. The molecule has 1 aromatic heterocycles. The molecule has 17 heavy (non-hydrogen) atoms. The number of carbonyl (C=O) groups excluding carboxylic acids is 1. The molecule has 0 bridgehead atoms. The van der Waals surface area contributed by atoms with Crippen molar-refractivity contribution in [3.05, 3.63) is 54.8 Å². The molecule has 0 aliphatic carbocycles. The predicted molar refractivity (Wildman–Crippen MR) is 74.2 cm³/mol. The lowest BCUT2D eigenvalue weighted by Gasteiger charge is -2.01. The normalized spacial score (nSPS) is 10.5. The van der Waals surface area contributed by atoms with E-state index in [1.165, 1.54) is 23.5 Å². The van der Waals surface area contributed by atoms with Crippen LogP contribution >= 0.6 is 43.2 Å². The molecular formula is C12H7Br2FOS. The van der Waals surface area contributed by atoms with Crippen LogP contribution in [0.3, 0.4) is 0 Å². The van der Waals surface area contributed by atoms with Crippen LogP contribution in [0.2, 0.25) is 0 Å². The highest BCUT2D eigenvalue weighted by Gasteiger charge is 2.13. The maximum atomic E-state index is 13.6. The summed E-state index contributed by atoms with van der Waals surface area (Å²) in [6.07, 6.45) is 0.231. The SMILES string of the molecule is O=C(Cc1cc(Br)cs1)c1ccc(Br)cc1F. The number of Topliss-reactive ketones (excluding diaryl/α,β-unsaturated/α-hetero) is 1. The zero-order valence-corrected chi connectivity index (χ0v) is 12.5. The van der Waals surface area contributed by atoms with Gasteiger partial charge in [0.25, 0.3) is 0 Å². The zero-order valence-electron chi connectivity index (χ0n) is 8.54. The van der Waals surface area contributed by atoms with Crippen molar-refractivity contribution in [2.24, 2.45) is 0 Å². The van der Waals surface area contributed by atoms with Crippen molar-refractivity contribution in [2.45, 2.75) is 6.42 Å². The van der Waals surface area contributed by atoms with E-state index in [1.54, 1.807) is 6.07 Å². The van der Waals surface area contributed by atoms with Gasteiger partial charge < -0.3 is 0 Å². The molecule has 5 heteroatoms. The van der Waals surface area contributed by atoms with Crippen LogP contribution < -0.4 is 0 Å². The summed E-state index contributed by atoms with van der Waals surface area (Å²) in [6.45, 7) is 0. The Kier molecular flexibility index (Phi) is 4.12. The Labute approximate surface area is 119 Å². The molecule has 0 aliphatic rings. The molecule has 0 saturated heterocycles. The van der Waals surface area contributed by atoms with Gasteiger partial charge in [-0.15, -0.1) is 11.3 Å². The average Bonchev–Trinajstić information content (AvgIpc) is 2.63. The summed E-state index contributed by atoms with van der Waals surface area (Å²) < 4.78 is 15.1. The molecule has 1 aromatic carbocycles. The Morgan fingerprint density at radius 1 is 1.24 bits per heavy atom. The Morgan fingerprint density at radius 3 is 2.59 bits per heavy atom. The van der Waals surface area contributed by atoms with Crippen molar-refractivity contribution in [1.82, 2.24) is 0 Å². The second-order valence-electron chi connectivity index (χ2n) is 3.46. The second-order valence-corrected chi connectivity index (χ2v) is 6.28. The van der Waals surface area contributed by atoms with Crippen molar-refractivity contribution < 1.29 is 9.18 Å². The Morgan fingerprint density at radius 2 is 2.00 bits per heavy atom. The summed E-state index contributed by atoms with van der Waals surface area (Å²) in [5, 5.41) is 1.90. The van der Waals surface area contributed by atoms with Crippen LogP contribution in [0.15, 0.2) is 38.6 Å². The van der Waals surface area contributed by atoms with Gasteiger partial charge in [0, 0.05) is 25.6 Å². The molecule has 0 atom stereocenters. The number of hydrogen-bond donors (Lipinski definition) is 0. The van der Waals surface area contributed by atoms with Gasteiger partial charge in [-0.25, -0.2) is 4.39 Å². The van der Waals surface area contributed by atoms with Gasteiger partial charge in [0.15, 0.2) is 5.78 Å². The molecule has 0 aliphatic heterocycles. The minimum absolute atomic E-state index is 0.137. The summed E-state index contributed by atoms with van der Waals surface area (Å²) in [6, 6.07) is 6.35. The highest BCUT2D eigenvalue weighted by atomic mass is 79.9. The second kappa shape index (κ2) is 5.42. The lowest BCUT2D eigenvalue weighted by molar-refractivity contribution is 0.0990. The van der Waals surface area contributed by atoms with Crippen molar-refractivity contribution in [2.75, 3.05) is 0 Å². The van der Waals surface area contributed by atoms with Crippen molar-refractivity contribution in [3.8, 4) is 0 Å². The van der Waals surface area contributed by atoms with E-state index in [9.17, 15) is 9.18 Å². The fourth-order valence-corrected chi connectivity index (χ4v) is 3.20. The van der Waals surface area contributed by atoms with Gasteiger partial charge in [-0.3, -0.25) is 4.79 Å². The van der Waals surface area contributed by atoms with Gasteiger partial charge in [-0.1, -0.05) is 15.9 Å². The smallest absolute Gasteiger partial charge is 0.171 e. The highest BCUT2D eigenvalue weighted by Crippen LogP contribution is 2.22. The minimum Gasteiger partial charge on any atom is -0.294 e. The van der Waals surface area contributed by atoms with Gasteiger partial charge in [0.2, 0.25) is 0 Å². The molecule has 2 aromatic rings. The zero-order chi connectivity index (χ0) is 12.4. The van der Waals surface area contributed by atoms with E-state index in [0.29, 0.717) is 4.47 Å². The molecular weight excluding hydrogens is 371 g/mol. The molecule has 0 amide bonds. The third kappa shape index (κ3) is 3.24. The fourth-order valence-electron chi connectivity index (χ4n) is 1.42. The number of hydrogen-bond acceptors (Lipinski definition) is 2.